The number of urea groups is 1. The number of rotatable bonds is 8. The van der Waals surface area contributed by atoms with Crippen molar-refractivity contribution in [1.82, 2.24) is 10.6 Å². The third-order valence-electron chi connectivity index (χ3n) is 3.08. The molecule has 1 atom stereocenters. The third-order valence-corrected chi connectivity index (χ3v) is 3.08. The summed E-state index contributed by atoms with van der Waals surface area (Å²) >= 11 is 0. The molecular formula is C15H22FN3O2. The van der Waals surface area contributed by atoms with E-state index in [2.05, 4.69) is 10.6 Å². The molecule has 5 nitrogen and oxygen atoms in total. The number of halogens is 1. The fourth-order valence-corrected chi connectivity index (χ4v) is 1.92. The number of amides is 3. The van der Waals surface area contributed by atoms with Gasteiger partial charge in [-0.1, -0.05) is 31.9 Å². The van der Waals surface area contributed by atoms with Crippen molar-refractivity contribution in [2.45, 2.75) is 38.6 Å². The van der Waals surface area contributed by atoms with E-state index in [0.717, 1.165) is 18.4 Å². The monoisotopic (exact) mass is 295 g/mol. The lowest BCUT2D eigenvalue weighted by atomic mass is 10.1. The number of primary amides is 1. The Hall–Kier alpha value is -2.11. The fourth-order valence-electron chi connectivity index (χ4n) is 1.92. The number of hydrogen-bond acceptors (Lipinski definition) is 2. The van der Waals surface area contributed by atoms with Crippen LogP contribution in [-0.2, 0) is 11.2 Å². The van der Waals surface area contributed by atoms with Gasteiger partial charge in [0.1, 0.15) is 11.9 Å². The smallest absolute Gasteiger partial charge is 0.315 e. The molecule has 21 heavy (non-hydrogen) atoms. The zero-order valence-corrected chi connectivity index (χ0v) is 12.2. The molecule has 0 saturated carbocycles. The van der Waals surface area contributed by atoms with E-state index in [1.54, 1.807) is 12.1 Å². The van der Waals surface area contributed by atoms with E-state index in [1.165, 1.54) is 12.1 Å². The molecule has 0 saturated heterocycles. The summed E-state index contributed by atoms with van der Waals surface area (Å²) in [6, 6.07) is 5.11. The van der Waals surface area contributed by atoms with Gasteiger partial charge in [0.25, 0.3) is 0 Å². The van der Waals surface area contributed by atoms with Crippen molar-refractivity contribution in [3.05, 3.63) is 35.6 Å². The number of carbonyl (C=O) groups is 2. The second kappa shape index (κ2) is 8.94. The average Bonchev–Trinajstić information content (AvgIpc) is 2.43. The number of hydrogen-bond donors (Lipinski definition) is 3. The highest BCUT2D eigenvalue weighted by Crippen LogP contribution is 2.03. The van der Waals surface area contributed by atoms with Gasteiger partial charge in [-0.3, -0.25) is 4.79 Å². The van der Waals surface area contributed by atoms with Crippen LogP contribution in [-0.4, -0.2) is 24.5 Å². The normalized spacial score (nSPS) is 11.7. The van der Waals surface area contributed by atoms with Gasteiger partial charge in [-0.15, -0.1) is 0 Å². The van der Waals surface area contributed by atoms with Crippen molar-refractivity contribution in [3.8, 4) is 0 Å². The number of unbranched alkanes of at least 4 members (excludes halogenated alkanes) is 1. The molecule has 0 fully saturated rings. The van der Waals surface area contributed by atoms with Gasteiger partial charge in [0.2, 0.25) is 5.91 Å². The molecule has 0 heterocycles. The summed E-state index contributed by atoms with van der Waals surface area (Å²) < 4.78 is 13.0. The number of carbonyl (C=O) groups excluding carboxylic acids is 2. The van der Waals surface area contributed by atoms with Crippen LogP contribution in [0.3, 0.4) is 0 Å². The quantitative estimate of drug-likeness (QED) is 0.682. The summed E-state index contributed by atoms with van der Waals surface area (Å²) in [7, 11) is 0. The summed E-state index contributed by atoms with van der Waals surface area (Å²) in [5.41, 5.74) is 6.04. The van der Waals surface area contributed by atoms with Crippen molar-refractivity contribution < 1.29 is 14.0 Å². The Morgan fingerprint density at radius 2 is 2.14 bits per heavy atom. The van der Waals surface area contributed by atoms with Gasteiger partial charge in [0.05, 0.1) is 0 Å². The van der Waals surface area contributed by atoms with Crippen LogP contribution in [0.4, 0.5) is 9.18 Å². The Bertz CT molecular complexity index is 480. The lowest BCUT2D eigenvalue weighted by molar-refractivity contribution is -0.119. The standard InChI is InChI=1S/C15H22FN3O2/c1-2-3-7-13(14(17)20)19-15(21)18-9-8-11-5-4-6-12(16)10-11/h4-6,10,13H,2-3,7-9H2,1H3,(H2,17,20)(H2,18,19,21)/t13-/m0/s1. The molecule has 0 aliphatic rings. The van der Waals surface area contributed by atoms with E-state index in [-0.39, 0.29) is 5.82 Å². The number of benzene rings is 1. The first kappa shape index (κ1) is 16.9. The SMILES string of the molecule is CCCC[C@H](NC(=O)NCCc1cccc(F)c1)C(N)=O. The molecule has 116 valence electrons. The minimum atomic E-state index is -0.654. The van der Waals surface area contributed by atoms with Gasteiger partial charge in [-0.25, -0.2) is 9.18 Å². The summed E-state index contributed by atoms with van der Waals surface area (Å²) in [6.07, 6.45) is 2.79. The fraction of sp³-hybridized carbons (Fsp3) is 0.467. The van der Waals surface area contributed by atoms with Crippen molar-refractivity contribution in [2.75, 3.05) is 6.54 Å². The van der Waals surface area contributed by atoms with Crippen LogP contribution in [0.5, 0.6) is 0 Å². The minimum absolute atomic E-state index is 0.301. The molecule has 0 aromatic heterocycles. The molecule has 6 heteroatoms. The minimum Gasteiger partial charge on any atom is -0.368 e. The van der Waals surface area contributed by atoms with Crippen LogP contribution in [0.15, 0.2) is 24.3 Å². The Balaban J connectivity index is 2.34. The van der Waals surface area contributed by atoms with E-state index in [9.17, 15) is 14.0 Å². The first-order valence-corrected chi connectivity index (χ1v) is 7.11. The van der Waals surface area contributed by atoms with E-state index in [1.807, 2.05) is 6.92 Å². The largest absolute Gasteiger partial charge is 0.368 e. The van der Waals surface area contributed by atoms with Crippen LogP contribution < -0.4 is 16.4 Å². The Labute approximate surface area is 124 Å². The first-order chi connectivity index (χ1) is 10.0. The third kappa shape index (κ3) is 6.74. The van der Waals surface area contributed by atoms with Crippen molar-refractivity contribution >= 4 is 11.9 Å². The topological polar surface area (TPSA) is 84.2 Å². The van der Waals surface area contributed by atoms with Crippen molar-refractivity contribution in [1.29, 1.82) is 0 Å². The molecule has 0 aliphatic carbocycles. The highest BCUT2D eigenvalue weighted by atomic mass is 19.1. The molecule has 0 spiro atoms. The van der Waals surface area contributed by atoms with Gasteiger partial charge in [0.15, 0.2) is 0 Å². The first-order valence-electron chi connectivity index (χ1n) is 7.11. The summed E-state index contributed by atoms with van der Waals surface area (Å²) in [6.45, 7) is 2.35. The van der Waals surface area contributed by atoms with Crippen molar-refractivity contribution in [3.63, 3.8) is 0 Å². The number of nitrogens with one attached hydrogen (secondary N) is 2. The molecule has 1 aromatic rings. The van der Waals surface area contributed by atoms with Gasteiger partial charge in [-0.05, 0) is 30.5 Å². The molecule has 4 N–H and O–H groups in total. The predicted octanol–water partition coefficient (Wildman–Crippen LogP) is 1.71. The predicted molar refractivity (Wildman–Crippen MR) is 79.1 cm³/mol. The highest BCUT2D eigenvalue weighted by Gasteiger charge is 2.16. The average molecular weight is 295 g/mol. The summed E-state index contributed by atoms with van der Waals surface area (Å²) in [4.78, 5) is 22.9. The maximum atomic E-state index is 13.0. The lowest BCUT2D eigenvalue weighted by Gasteiger charge is -2.15. The van der Waals surface area contributed by atoms with Crippen LogP contribution in [0.2, 0.25) is 0 Å². The molecule has 3 amide bonds. The van der Waals surface area contributed by atoms with Gasteiger partial charge in [0, 0.05) is 6.54 Å². The summed E-state index contributed by atoms with van der Waals surface area (Å²) in [5, 5.41) is 5.18. The van der Waals surface area contributed by atoms with E-state index < -0.39 is 18.0 Å². The molecule has 0 bridgehead atoms. The second-order valence-electron chi connectivity index (χ2n) is 4.88. The molecular weight excluding hydrogens is 273 g/mol. The van der Waals surface area contributed by atoms with Crippen LogP contribution in [0.25, 0.3) is 0 Å². The second-order valence-corrected chi connectivity index (χ2v) is 4.88. The van der Waals surface area contributed by atoms with Gasteiger partial charge in [-0.2, -0.15) is 0 Å². The molecule has 0 aliphatic heterocycles. The molecule has 0 radical (unpaired) electrons. The lowest BCUT2D eigenvalue weighted by Crippen LogP contribution is -2.48. The molecule has 1 aromatic carbocycles. The Morgan fingerprint density at radius 3 is 2.76 bits per heavy atom. The Morgan fingerprint density at radius 1 is 1.38 bits per heavy atom. The van der Waals surface area contributed by atoms with Crippen LogP contribution >= 0.6 is 0 Å². The van der Waals surface area contributed by atoms with E-state index in [4.69, 9.17) is 5.73 Å². The maximum Gasteiger partial charge on any atom is 0.315 e. The maximum absolute atomic E-state index is 13.0. The van der Waals surface area contributed by atoms with E-state index >= 15 is 0 Å². The molecule has 0 unspecified atom stereocenters. The van der Waals surface area contributed by atoms with Crippen LogP contribution in [0.1, 0.15) is 31.7 Å². The van der Waals surface area contributed by atoms with E-state index in [0.29, 0.717) is 19.4 Å². The molecule has 1 rings (SSSR count). The van der Waals surface area contributed by atoms with Crippen LogP contribution in [0, 0.1) is 5.82 Å². The van der Waals surface area contributed by atoms with Gasteiger partial charge < -0.3 is 16.4 Å². The Kier molecular flexibility index (Phi) is 7.21. The highest BCUT2D eigenvalue weighted by molar-refractivity contribution is 5.85. The zero-order valence-electron chi connectivity index (χ0n) is 12.2. The van der Waals surface area contributed by atoms with Gasteiger partial charge >= 0.3 is 6.03 Å². The number of nitrogens with two attached hydrogens (primary N) is 1. The van der Waals surface area contributed by atoms with Crippen molar-refractivity contribution in [2.24, 2.45) is 5.73 Å². The zero-order chi connectivity index (χ0) is 15.7. The summed E-state index contributed by atoms with van der Waals surface area (Å²) in [5.74, 6) is -0.839.